The highest BCUT2D eigenvalue weighted by Gasteiger charge is 2.31. The molecular weight excluding hydrogens is 341 g/mol. The van der Waals surface area contributed by atoms with Gasteiger partial charge in [-0.2, -0.15) is 5.10 Å². The van der Waals surface area contributed by atoms with Gasteiger partial charge >= 0.3 is 0 Å². The summed E-state index contributed by atoms with van der Waals surface area (Å²) in [5, 5.41) is 11.0. The highest BCUT2D eigenvalue weighted by atomic mass is 35.5. The highest BCUT2D eigenvalue weighted by molar-refractivity contribution is 6.30. The number of hydrogen-bond acceptors (Lipinski definition) is 2. The lowest BCUT2D eigenvalue weighted by molar-refractivity contribution is 0.102. The molecule has 2 N–H and O–H groups in total. The van der Waals surface area contributed by atoms with Crippen molar-refractivity contribution in [2.24, 2.45) is 0 Å². The zero-order valence-electron chi connectivity index (χ0n) is 13.2. The Morgan fingerprint density at radius 2 is 1.96 bits per heavy atom. The van der Waals surface area contributed by atoms with E-state index >= 15 is 0 Å². The minimum atomic E-state index is -0.377. The molecule has 126 valence electrons. The third kappa shape index (κ3) is 3.28. The molecule has 0 radical (unpaired) electrons. The van der Waals surface area contributed by atoms with Gasteiger partial charge in [-0.15, -0.1) is 0 Å². The Balaban J connectivity index is 1.71. The molecule has 0 aliphatic heterocycles. The first kappa shape index (κ1) is 15.8. The van der Waals surface area contributed by atoms with Crippen molar-refractivity contribution in [1.29, 1.82) is 0 Å². The Labute approximate surface area is 149 Å². The van der Waals surface area contributed by atoms with Gasteiger partial charge in [0, 0.05) is 22.1 Å². The van der Waals surface area contributed by atoms with Crippen LogP contribution in [-0.4, -0.2) is 16.1 Å². The summed E-state index contributed by atoms with van der Waals surface area (Å²) in [6.07, 6.45) is 2.13. The normalized spacial score (nSPS) is 13.7. The number of aromatic amines is 1. The third-order valence-electron chi connectivity index (χ3n) is 4.22. The van der Waals surface area contributed by atoms with Crippen LogP contribution in [0.15, 0.2) is 48.5 Å². The first-order valence-electron chi connectivity index (χ1n) is 8.03. The Morgan fingerprint density at radius 3 is 2.64 bits per heavy atom. The van der Waals surface area contributed by atoms with Crippen LogP contribution in [0.1, 0.15) is 34.8 Å². The lowest BCUT2D eigenvalue weighted by atomic mass is 10.1. The molecule has 1 fully saturated rings. The smallest absolute Gasteiger partial charge is 0.255 e. The van der Waals surface area contributed by atoms with Crippen molar-refractivity contribution in [3.05, 3.63) is 70.6 Å². The van der Waals surface area contributed by atoms with Crippen molar-refractivity contribution in [3.8, 4) is 11.3 Å². The van der Waals surface area contributed by atoms with E-state index in [4.69, 9.17) is 11.6 Å². The van der Waals surface area contributed by atoms with Crippen molar-refractivity contribution in [2.45, 2.75) is 18.8 Å². The van der Waals surface area contributed by atoms with Gasteiger partial charge in [0.2, 0.25) is 0 Å². The van der Waals surface area contributed by atoms with Gasteiger partial charge in [0.15, 0.2) is 0 Å². The lowest BCUT2D eigenvalue weighted by Crippen LogP contribution is -2.13. The summed E-state index contributed by atoms with van der Waals surface area (Å²) in [5.41, 5.74) is 3.45. The van der Waals surface area contributed by atoms with Crippen LogP contribution in [0.25, 0.3) is 11.3 Å². The summed E-state index contributed by atoms with van der Waals surface area (Å²) >= 11 is 6.08. The number of nitrogens with one attached hydrogen (secondary N) is 2. The monoisotopic (exact) mass is 355 g/mol. The predicted molar refractivity (Wildman–Crippen MR) is 95.4 cm³/mol. The number of halogens is 2. The second-order valence-corrected chi connectivity index (χ2v) is 6.54. The number of nitrogens with zero attached hydrogens (tertiary/aromatic N) is 1. The van der Waals surface area contributed by atoms with Crippen LogP contribution in [0, 0.1) is 5.82 Å². The maximum absolute atomic E-state index is 13.1. The topological polar surface area (TPSA) is 57.8 Å². The summed E-state index contributed by atoms with van der Waals surface area (Å²) in [4.78, 5) is 12.6. The molecule has 4 rings (SSSR count). The number of carbonyl (C=O) groups is 1. The largest absolute Gasteiger partial charge is 0.319 e. The molecule has 0 atom stereocenters. The third-order valence-corrected chi connectivity index (χ3v) is 4.46. The van der Waals surface area contributed by atoms with Crippen molar-refractivity contribution < 1.29 is 9.18 Å². The van der Waals surface area contributed by atoms with E-state index in [9.17, 15) is 9.18 Å². The van der Waals surface area contributed by atoms with Gasteiger partial charge in [-0.3, -0.25) is 9.89 Å². The fourth-order valence-corrected chi connectivity index (χ4v) is 2.97. The van der Waals surface area contributed by atoms with Gasteiger partial charge in [-0.1, -0.05) is 23.7 Å². The summed E-state index contributed by atoms with van der Waals surface area (Å²) < 4.78 is 13.1. The Bertz CT molecular complexity index is 932. The summed E-state index contributed by atoms with van der Waals surface area (Å²) in [5.74, 6) is -0.298. The van der Waals surface area contributed by atoms with Gasteiger partial charge in [-0.05, 0) is 49.2 Å². The molecule has 2 aromatic carbocycles. The van der Waals surface area contributed by atoms with Crippen LogP contribution < -0.4 is 5.32 Å². The zero-order valence-corrected chi connectivity index (χ0v) is 14.0. The second kappa shape index (κ2) is 6.33. The Hall–Kier alpha value is -2.66. The van der Waals surface area contributed by atoms with E-state index in [1.807, 2.05) is 18.2 Å². The van der Waals surface area contributed by atoms with Gasteiger partial charge in [0.1, 0.15) is 11.5 Å². The molecule has 0 bridgehead atoms. The summed E-state index contributed by atoms with van der Waals surface area (Å²) in [6.45, 7) is 0. The van der Waals surface area contributed by atoms with Crippen LogP contribution in [0.4, 0.5) is 10.1 Å². The first-order chi connectivity index (χ1) is 12.1. The Morgan fingerprint density at radius 1 is 1.20 bits per heavy atom. The maximum Gasteiger partial charge on any atom is 0.255 e. The quantitative estimate of drug-likeness (QED) is 0.692. The van der Waals surface area contributed by atoms with E-state index in [0.29, 0.717) is 27.9 Å². The van der Waals surface area contributed by atoms with E-state index in [0.717, 1.165) is 24.1 Å². The standard InChI is InChI=1S/C19H15ClFN3O/c20-14-3-1-2-13(10-14)17-18(16(23-24-17)11-4-5-11)22-19(25)12-6-8-15(21)9-7-12/h1-3,6-11H,4-5H2,(H,22,25)(H,23,24). The molecule has 4 nitrogen and oxygen atoms in total. The number of aromatic nitrogens is 2. The van der Waals surface area contributed by atoms with E-state index in [-0.39, 0.29) is 11.7 Å². The minimum Gasteiger partial charge on any atom is -0.319 e. The molecule has 1 saturated carbocycles. The molecule has 25 heavy (non-hydrogen) atoms. The average molecular weight is 356 g/mol. The zero-order chi connectivity index (χ0) is 17.4. The van der Waals surface area contributed by atoms with Gasteiger partial charge < -0.3 is 5.32 Å². The molecular formula is C19H15ClFN3O. The van der Waals surface area contributed by atoms with Crippen molar-refractivity contribution >= 4 is 23.2 Å². The second-order valence-electron chi connectivity index (χ2n) is 6.11. The van der Waals surface area contributed by atoms with E-state index in [2.05, 4.69) is 15.5 Å². The SMILES string of the molecule is O=C(Nc1c(-c2cccc(Cl)c2)n[nH]c1C1CC1)c1ccc(F)cc1. The van der Waals surface area contributed by atoms with Crippen molar-refractivity contribution in [1.82, 2.24) is 10.2 Å². The molecule has 1 amide bonds. The van der Waals surface area contributed by atoms with Crippen LogP contribution in [0.2, 0.25) is 5.02 Å². The molecule has 1 aliphatic rings. The van der Waals surface area contributed by atoms with Gasteiger partial charge in [-0.25, -0.2) is 4.39 Å². The number of amides is 1. The number of hydrogen-bond donors (Lipinski definition) is 2. The number of rotatable bonds is 4. The molecule has 3 aromatic rings. The number of carbonyl (C=O) groups excluding carboxylic acids is 1. The lowest BCUT2D eigenvalue weighted by Gasteiger charge is -2.09. The molecule has 0 saturated heterocycles. The number of benzene rings is 2. The number of anilines is 1. The number of H-pyrrole nitrogens is 1. The molecule has 1 aromatic heterocycles. The molecule has 6 heteroatoms. The van der Waals surface area contributed by atoms with Gasteiger partial charge in [0.05, 0.1) is 11.4 Å². The highest BCUT2D eigenvalue weighted by Crippen LogP contribution is 2.45. The fourth-order valence-electron chi connectivity index (χ4n) is 2.78. The van der Waals surface area contributed by atoms with Gasteiger partial charge in [0.25, 0.3) is 5.91 Å². The molecule has 0 unspecified atom stereocenters. The van der Waals surface area contributed by atoms with E-state index < -0.39 is 0 Å². The summed E-state index contributed by atoms with van der Waals surface area (Å²) in [6, 6.07) is 12.8. The molecule has 1 heterocycles. The van der Waals surface area contributed by atoms with E-state index in [1.165, 1.54) is 24.3 Å². The molecule has 1 aliphatic carbocycles. The minimum absolute atomic E-state index is 0.299. The average Bonchev–Trinajstić information content (AvgIpc) is 3.36. The summed E-state index contributed by atoms with van der Waals surface area (Å²) in [7, 11) is 0. The first-order valence-corrected chi connectivity index (χ1v) is 8.41. The van der Waals surface area contributed by atoms with Crippen molar-refractivity contribution in [2.75, 3.05) is 5.32 Å². The Kier molecular flexibility index (Phi) is 4.01. The van der Waals surface area contributed by atoms with Crippen LogP contribution in [-0.2, 0) is 0 Å². The predicted octanol–water partition coefficient (Wildman–Crippen LogP) is 5.00. The van der Waals surface area contributed by atoms with Crippen LogP contribution in [0.3, 0.4) is 0 Å². The fraction of sp³-hybridized carbons (Fsp3) is 0.158. The van der Waals surface area contributed by atoms with E-state index in [1.54, 1.807) is 6.07 Å². The van der Waals surface area contributed by atoms with Crippen molar-refractivity contribution in [3.63, 3.8) is 0 Å². The van der Waals surface area contributed by atoms with Crippen LogP contribution >= 0.6 is 11.6 Å². The molecule has 0 spiro atoms. The maximum atomic E-state index is 13.1. The van der Waals surface area contributed by atoms with Crippen LogP contribution in [0.5, 0.6) is 0 Å².